The Kier molecular flexibility index (Phi) is 4.09. The van der Waals surface area contributed by atoms with Crippen molar-refractivity contribution in [2.75, 3.05) is 13.2 Å². The van der Waals surface area contributed by atoms with E-state index in [-0.39, 0.29) is 10.6 Å². The molecular weight excluding hydrogens is 288 g/mol. The zero-order valence-electron chi connectivity index (χ0n) is 9.19. The first-order valence-corrected chi connectivity index (χ1v) is 6.20. The number of benzene rings is 1. The molecule has 1 aromatic rings. The second-order valence-corrected chi connectivity index (χ2v) is 4.89. The molecule has 1 atom stereocenters. The Morgan fingerprint density at radius 1 is 1.59 bits per heavy atom. The smallest absolute Gasteiger partial charge is 0.273 e. The van der Waals surface area contributed by atoms with Gasteiger partial charge < -0.3 is 10.1 Å². The van der Waals surface area contributed by atoms with Crippen molar-refractivity contribution in [2.24, 2.45) is 0 Å². The molecule has 0 radical (unpaired) electrons. The highest BCUT2D eigenvalue weighted by Gasteiger charge is 2.18. The first-order chi connectivity index (χ1) is 8.16. The zero-order valence-corrected chi connectivity index (χ0v) is 10.8. The maximum Gasteiger partial charge on any atom is 0.273 e. The molecule has 1 aliphatic rings. The van der Waals surface area contributed by atoms with Gasteiger partial charge in [-0.1, -0.05) is 15.9 Å². The molecule has 0 bridgehead atoms. The average molecular weight is 301 g/mol. The summed E-state index contributed by atoms with van der Waals surface area (Å²) in [5, 5.41) is 14.1. The van der Waals surface area contributed by atoms with Crippen molar-refractivity contribution in [3.05, 3.63) is 38.3 Å². The lowest BCUT2D eigenvalue weighted by Gasteiger charge is -2.10. The average Bonchev–Trinajstić information content (AvgIpc) is 2.78. The number of rotatable bonds is 4. The Morgan fingerprint density at radius 2 is 2.41 bits per heavy atom. The standard InChI is InChI=1S/C11H13BrN2O3/c12-9-1-2-11(14(15)16)8(5-9)6-13-10-3-4-17-7-10/h1-2,5,10,13H,3-4,6-7H2. The largest absolute Gasteiger partial charge is 0.380 e. The van der Waals surface area contributed by atoms with Crippen LogP contribution in [-0.2, 0) is 11.3 Å². The van der Waals surface area contributed by atoms with Crippen LogP contribution in [-0.4, -0.2) is 24.2 Å². The van der Waals surface area contributed by atoms with Gasteiger partial charge in [-0.25, -0.2) is 0 Å². The number of hydrogen-bond donors (Lipinski definition) is 1. The van der Waals surface area contributed by atoms with Crippen LogP contribution in [0.25, 0.3) is 0 Å². The van der Waals surface area contributed by atoms with Crippen molar-refractivity contribution in [1.82, 2.24) is 5.32 Å². The van der Waals surface area contributed by atoms with Gasteiger partial charge in [-0.2, -0.15) is 0 Å². The monoisotopic (exact) mass is 300 g/mol. The van der Waals surface area contributed by atoms with Gasteiger partial charge in [0.25, 0.3) is 5.69 Å². The van der Waals surface area contributed by atoms with Gasteiger partial charge in [-0.15, -0.1) is 0 Å². The first kappa shape index (κ1) is 12.5. The molecule has 0 spiro atoms. The fourth-order valence-corrected chi connectivity index (χ4v) is 2.23. The fourth-order valence-electron chi connectivity index (χ4n) is 1.82. The van der Waals surface area contributed by atoms with Gasteiger partial charge >= 0.3 is 0 Å². The van der Waals surface area contributed by atoms with Gasteiger partial charge in [0.15, 0.2) is 0 Å². The minimum Gasteiger partial charge on any atom is -0.380 e. The highest BCUT2D eigenvalue weighted by atomic mass is 79.9. The number of nitro benzene ring substituents is 1. The molecule has 1 N–H and O–H groups in total. The van der Waals surface area contributed by atoms with E-state index >= 15 is 0 Å². The molecule has 1 heterocycles. The number of nitrogens with one attached hydrogen (secondary N) is 1. The minimum absolute atomic E-state index is 0.152. The molecule has 92 valence electrons. The highest BCUT2D eigenvalue weighted by molar-refractivity contribution is 9.10. The molecular formula is C11H13BrN2O3. The van der Waals surface area contributed by atoms with Crippen molar-refractivity contribution in [3.63, 3.8) is 0 Å². The number of ether oxygens (including phenoxy) is 1. The molecule has 0 aromatic heterocycles. The summed E-state index contributed by atoms with van der Waals surface area (Å²) in [4.78, 5) is 10.5. The summed E-state index contributed by atoms with van der Waals surface area (Å²) >= 11 is 3.32. The van der Waals surface area contributed by atoms with Crippen molar-refractivity contribution < 1.29 is 9.66 Å². The SMILES string of the molecule is O=[N+]([O-])c1ccc(Br)cc1CNC1CCOC1. The third-order valence-corrected chi connectivity index (χ3v) is 3.24. The second-order valence-electron chi connectivity index (χ2n) is 3.97. The van der Waals surface area contributed by atoms with E-state index in [4.69, 9.17) is 4.74 Å². The highest BCUT2D eigenvalue weighted by Crippen LogP contribution is 2.23. The van der Waals surface area contributed by atoms with E-state index in [9.17, 15) is 10.1 Å². The van der Waals surface area contributed by atoms with Gasteiger partial charge in [0, 0.05) is 35.3 Å². The van der Waals surface area contributed by atoms with Crippen LogP contribution in [0.4, 0.5) is 5.69 Å². The van der Waals surface area contributed by atoms with Crippen LogP contribution in [0.1, 0.15) is 12.0 Å². The van der Waals surface area contributed by atoms with E-state index in [2.05, 4.69) is 21.2 Å². The molecule has 0 saturated carbocycles. The van der Waals surface area contributed by atoms with Crippen LogP contribution in [0.3, 0.4) is 0 Å². The van der Waals surface area contributed by atoms with Crippen LogP contribution in [0.15, 0.2) is 22.7 Å². The van der Waals surface area contributed by atoms with Crippen molar-refractivity contribution in [3.8, 4) is 0 Å². The molecule has 1 fully saturated rings. The predicted molar refractivity (Wildman–Crippen MR) is 66.9 cm³/mol. The van der Waals surface area contributed by atoms with Crippen LogP contribution in [0.2, 0.25) is 0 Å². The Hall–Kier alpha value is -0.980. The topological polar surface area (TPSA) is 64.4 Å². The van der Waals surface area contributed by atoms with Gasteiger partial charge in [-0.3, -0.25) is 10.1 Å². The van der Waals surface area contributed by atoms with E-state index < -0.39 is 0 Å². The maximum absolute atomic E-state index is 10.9. The van der Waals surface area contributed by atoms with E-state index in [0.29, 0.717) is 24.8 Å². The lowest BCUT2D eigenvalue weighted by Crippen LogP contribution is -2.28. The van der Waals surface area contributed by atoms with Crippen molar-refractivity contribution in [2.45, 2.75) is 19.0 Å². The van der Waals surface area contributed by atoms with Crippen LogP contribution in [0, 0.1) is 10.1 Å². The summed E-state index contributed by atoms with van der Waals surface area (Å²) in [5.41, 5.74) is 0.843. The van der Waals surface area contributed by atoms with Gasteiger partial charge in [-0.05, 0) is 18.6 Å². The minimum atomic E-state index is -0.353. The Labute approximate surface area is 107 Å². The van der Waals surface area contributed by atoms with E-state index in [1.54, 1.807) is 12.1 Å². The molecule has 0 amide bonds. The molecule has 17 heavy (non-hydrogen) atoms. The summed E-state index contributed by atoms with van der Waals surface area (Å²) in [6.07, 6.45) is 0.960. The van der Waals surface area contributed by atoms with Crippen LogP contribution < -0.4 is 5.32 Å². The fraction of sp³-hybridized carbons (Fsp3) is 0.455. The van der Waals surface area contributed by atoms with E-state index in [0.717, 1.165) is 17.5 Å². The summed E-state index contributed by atoms with van der Waals surface area (Å²) < 4.78 is 6.09. The molecule has 1 saturated heterocycles. The molecule has 1 unspecified atom stereocenters. The lowest BCUT2D eigenvalue weighted by molar-refractivity contribution is -0.385. The van der Waals surface area contributed by atoms with Crippen molar-refractivity contribution in [1.29, 1.82) is 0 Å². The Balaban J connectivity index is 2.07. The third kappa shape index (κ3) is 3.24. The number of nitro groups is 1. The van der Waals surface area contributed by atoms with Crippen LogP contribution in [0.5, 0.6) is 0 Å². The second kappa shape index (κ2) is 5.57. The lowest BCUT2D eigenvalue weighted by atomic mass is 10.1. The molecule has 0 aliphatic carbocycles. The third-order valence-electron chi connectivity index (χ3n) is 2.75. The summed E-state index contributed by atoms with van der Waals surface area (Å²) in [6.45, 7) is 1.93. The van der Waals surface area contributed by atoms with Gasteiger partial charge in [0.1, 0.15) is 0 Å². The first-order valence-electron chi connectivity index (χ1n) is 5.41. The summed E-state index contributed by atoms with van der Waals surface area (Å²) in [7, 11) is 0. The molecule has 1 aliphatic heterocycles. The van der Waals surface area contributed by atoms with Crippen molar-refractivity contribution >= 4 is 21.6 Å². The van der Waals surface area contributed by atoms with E-state index in [1.807, 2.05) is 0 Å². The molecule has 1 aromatic carbocycles. The Bertz CT molecular complexity index is 419. The summed E-state index contributed by atoms with van der Waals surface area (Å²) in [6, 6.07) is 5.28. The molecule has 5 nitrogen and oxygen atoms in total. The summed E-state index contributed by atoms with van der Waals surface area (Å²) in [5.74, 6) is 0. The number of hydrogen-bond acceptors (Lipinski definition) is 4. The molecule has 6 heteroatoms. The molecule has 2 rings (SSSR count). The van der Waals surface area contributed by atoms with Crippen LogP contribution >= 0.6 is 15.9 Å². The van der Waals surface area contributed by atoms with E-state index in [1.165, 1.54) is 6.07 Å². The quantitative estimate of drug-likeness (QED) is 0.684. The zero-order chi connectivity index (χ0) is 12.3. The predicted octanol–water partition coefficient (Wildman–Crippen LogP) is 2.24. The normalized spacial score (nSPS) is 19.5. The number of nitrogens with zero attached hydrogens (tertiary/aromatic N) is 1. The van der Waals surface area contributed by atoms with Gasteiger partial charge in [0.2, 0.25) is 0 Å². The number of halogens is 1. The van der Waals surface area contributed by atoms with Gasteiger partial charge in [0.05, 0.1) is 11.5 Å². The Morgan fingerprint density at radius 3 is 3.06 bits per heavy atom. The maximum atomic E-state index is 10.9.